The van der Waals surface area contributed by atoms with E-state index in [-0.39, 0.29) is 0 Å². The Hall–Kier alpha value is -0.0800. The van der Waals surface area contributed by atoms with Crippen molar-refractivity contribution in [1.29, 1.82) is 0 Å². The lowest BCUT2D eigenvalue weighted by atomic mass is 10.0. The van der Waals surface area contributed by atoms with E-state index in [4.69, 9.17) is 10.5 Å². The summed E-state index contributed by atoms with van der Waals surface area (Å²) >= 11 is 0. The molecule has 2 atom stereocenters. The van der Waals surface area contributed by atoms with Gasteiger partial charge in [0.15, 0.2) is 0 Å². The van der Waals surface area contributed by atoms with Crippen molar-refractivity contribution in [2.75, 3.05) is 13.2 Å². The summed E-state index contributed by atoms with van der Waals surface area (Å²) in [5, 5.41) is 0. The number of nitrogens with two attached hydrogens (primary N) is 1. The maximum absolute atomic E-state index is 5.54. The van der Waals surface area contributed by atoms with Gasteiger partial charge in [-0.15, -0.1) is 0 Å². The van der Waals surface area contributed by atoms with Gasteiger partial charge in [-0.1, -0.05) is 13.3 Å². The second-order valence-corrected chi connectivity index (χ2v) is 3.91. The normalized spacial score (nSPS) is 26.0. The Labute approximate surface area is 75.5 Å². The second-order valence-electron chi connectivity index (χ2n) is 3.91. The van der Waals surface area contributed by atoms with Crippen LogP contribution < -0.4 is 5.73 Å². The van der Waals surface area contributed by atoms with E-state index < -0.39 is 0 Å². The lowest BCUT2D eigenvalue weighted by Gasteiger charge is -2.11. The fraction of sp³-hybridized carbons (Fsp3) is 1.00. The smallest absolute Gasteiger partial charge is 0.0576 e. The average molecular weight is 171 g/mol. The van der Waals surface area contributed by atoms with Crippen molar-refractivity contribution < 1.29 is 4.74 Å². The molecule has 0 aliphatic carbocycles. The third-order valence-electron chi connectivity index (χ3n) is 2.65. The van der Waals surface area contributed by atoms with Crippen LogP contribution in [0.5, 0.6) is 0 Å². The van der Waals surface area contributed by atoms with E-state index in [0.29, 0.717) is 12.0 Å². The Morgan fingerprint density at radius 2 is 2.42 bits per heavy atom. The number of hydrogen-bond donors (Lipinski definition) is 1. The molecule has 0 bridgehead atoms. The van der Waals surface area contributed by atoms with Crippen molar-refractivity contribution in [2.24, 2.45) is 11.7 Å². The number of hydrogen-bond acceptors (Lipinski definition) is 2. The first-order valence-electron chi connectivity index (χ1n) is 5.14. The van der Waals surface area contributed by atoms with Crippen molar-refractivity contribution >= 4 is 0 Å². The van der Waals surface area contributed by atoms with E-state index >= 15 is 0 Å². The fourth-order valence-electron chi connectivity index (χ4n) is 1.68. The molecule has 0 aromatic carbocycles. The minimum Gasteiger partial charge on any atom is -0.378 e. The molecule has 0 amide bonds. The lowest BCUT2D eigenvalue weighted by Crippen LogP contribution is -2.12. The molecule has 1 aliphatic heterocycles. The molecule has 0 aromatic heterocycles. The van der Waals surface area contributed by atoms with Crippen LogP contribution in [0.1, 0.15) is 39.0 Å². The summed E-state index contributed by atoms with van der Waals surface area (Å²) in [5.74, 6) is 0.686. The summed E-state index contributed by atoms with van der Waals surface area (Å²) in [6.07, 6.45) is 6.88. The molecule has 12 heavy (non-hydrogen) atoms. The van der Waals surface area contributed by atoms with Crippen LogP contribution in [0.3, 0.4) is 0 Å². The van der Waals surface area contributed by atoms with E-state index in [2.05, 4.69) is 6.92 Å². The van der Waals surface area contributed by atoms with E-state index in [1.807, 2.05) is 0 Å². The molecule has 0 radical (unpaired) electrons. The zero-order valence-electron chi connectivity index (χ0n) is 8.09. The first-order valence-corrected chi connectivity index (χ1v) is 5.14. The van der Waals surface area contributed by atoms with Crippen molar-refractivity contribution in [3.63, 3.8) is 0 Å². The summed E-state index contributed by atoms with van der Waals surface area (Å²) in [6, 6.07) is 0. The maximum Gasteiger partial charge on any atom is 0.0576 e. The summed E-state index contributed by atoms with van der Waals surface area (Å²) in [5.41, 5.74) is 5.54. The Balaban J connectivity index is 1.94. The molecule has 2 heteroatoms. The van der Waals surface area contributed by atoms with Crippen molar-refractivity contribution in [2.45, 2.75) is 45.1 Å². The van der Waals surface area contributed by atoms with E-state index in [9.17, 15) is 0 Å². The zero-order valence-corrected chi connectivity index (χ0v) is 8.09. The highest BCUT2D eigenvalue weighted by molar-refractivity contribution is 4.65. The van der Waals surface area contributed by atoms with Crippen LogP contribution in [-0.4, -0.2) is 19.3 Å². The minimum absolute atomic E-state index is 0.565. The highest BCUT2D eigenvalue weighted by Gasteiger charge is 2.14. The van der Waals surface area contributed by atoms with Crippen LogP contribution in [0, 0.1) is 5.92 Å². The molecule has 1 saturated heterocycles. The van der Waals surface area contributed by atoms with Crippen LogP contribution in [0.15, 0.2) is 0 Å². The summed E-state index contributed by atoms with van der Waals surface area (Å²) in [7, 11) is 0. The van der Waals surface area contributed by atoms with Gasteiger partial charge in [-0.05, 0) is 38.1 Å². The van der Waals surface area contributed by atoms with Gasteiger partial charge in [0.25, 0.3) is 0 Å². The first kappa shape index (κ1) is 10.0. The van der Waals surface area contributed by atoms with Crippen LogP contribution in [0.25, 0.3) is 0 Å². The van der Waals surface area contributed by atoms with Gasteiger partial charge in [-0.3, -0.25) is 0 Å². The topological polar surface area (TPSA) is 35.2 Å². The van der Waals surface area contributed by atoms with Gasteiger partial charge in [0.1, 0.15) is 0 Å². The largest absolute Gasteiger partial charge is 0.378 e. The number of ether oxygens (including phenoxy) is 1. The third-order valence-corrected chi connectivity index (χ3v) is 2.65. The molecular formula is C10H21NO. The zero-order chi connectivity index (χ0) is 8.81. The molecule has 0 aromatic rings. The predicted molar refractivity (Wildman–Crippen MR) is 51.0 cm³/mol. The predicted octanol–water partition coefficient (Wildman–Crippen LogP) is 1.93. The molecule has 72 valence electrons. The van der Waals surface area contributed by atoms with Crippen LogP contribution in [0.2, 0.25) is 0 Å². The van der Waals surface area contributed by atoms with E-state index in [1.165, 1.54) is 32.1 Å². The summed E-state index contributed by atoms with van der Waals surface area (Å²) in [6.45, 7) is 4.03. The Morgan fingerprint density at radius 3 is 3.00 bits per heavy atom. The van der Waals surface area contributed by atoms with Crippen LogP contribution in [-0.2, 0) is 4.74 Å². The Bertz CT molecular complexity index is 110. The Morgan fingerprint density at radius 1 is 1.58 bits per heavy atom. The highest BCUT2D eigenvalue weighted by atomic mass is 16.5. The molecule has 0 saturated carbocycles. The van der Waals surface area contributed by atoms with Gasteiger partial charge >= 0.3 is 0 Å². The summed E-state index contributed by atoms with van der Waals surface area (Å²) < 4.78 is 5.54. The number of rotatable bonds is 5. The molecular weight excluding hydrogens is 150 g/mol. The summed E-state index contributed by atoms with van der Waals surface area (Å²) in [4.78, 5) is 0. The van der Waals surface area contributed by atoms with E-state index in [1.54, 1.807) is 0 Å². The Kier molecular flexibility index (Phi) is 4.62. The van der Waals surface area contributed by atoms with Crippen LogP contribution >= 0.6 is 0 Å². The third kappa shape index (κ3) is 3.55. The molecule has 1 rings (SSSR count). The van der Waals surface area contributed by atoms with Gasteiger partial charge in [0.2, 0.25) is 0 Å². The monoisotopic (exact) mass is 171 g/mol. The minimum atomic E-state index is 0.565. The molecule has 0 spiro atoms. The molecule has 2 nitrogen and oxygen atoms in total. The van der Waals surface area contributed by atoms with Crippen LogP contribution in [0.4, 0.5) is 0 Å². The molecule has 1 aliphatic rings. The van der Waals surface area contributed by atoms with E-state index in [0.717, 1.165) is 13.2 Å². The molecule has 2 N–H and O–H groups in total. The van der Waals surface area contributed by atoms with Crippen molar-refractivity contribution in [3.05, 3.63) is 0 Å². The van der Waals surface area contributed by atoms with Gasteiger partial charge in [-0.2, -0.15) is 0 Å². The maximum atomic E-state index is 5.54. The standard InChI is InChI=1S/C10H21NO/c1-9(8-11)4-2-5-10-6-3-7-12-10/h9-10H,2-8,11H2,1H3. The van der Waals surface area contributed by atoms with Gasteiger partial charge < -0.3 is 10.5 Å². The SMILES string of the molecule is CC(CN)CCCC1CCCO1. The lowest BCUT2D eigenvalue weighted by molar-refractivity contribution is 0.101. The second kappa shape index (κ2) is 5.55. The quantitative estimate of drug-likeness (QED) is 0.686. The van der Waals surface area contributed by atoms with Gasteiger partial charge in [0, 0.05) is 6.61 Å². The highest BCUT2D eigenvalue weighted by Crippen LogP contribution is 2.18. The van der Waals surface area contributed by atoms with Gasteiger partial charge in [-0.25, -0.2) is 0 Å². The first-order chi connectivity index (χ1) is 5.83. The molecule has 1 heterocycles. The van der Waals surface area contributed by atoms with Gasteiger partial charge in [0.05, 0.1) is 6.10 Å². The van der Waals surface area contributed by atoms with Crippen molar-refractivity contribution in [3.8, 4) is 0 Å². The molecule has 2 unspecified atom stereocenters. The van der Waals surface area contributed by atoms with Crippen molar-refractivity contribution in [1.82, 2.24) is 0 Å². The fourth-order valence-corrected chi connectivity index (χ4v) is 1.68. The average Bonchev–Trinajstić information content (AvgIpc) is 2.57. The molecule has 1 fully saturated rings.